The second kappa shape index (κ2) is 8.79. The third-order valence-electron chi connectivity index (χ3n) is 5.26. The molecule has 4 aromatic rings. The highest BCUT2D eigenvalue weighted by Crippen LogP contribution is 2.30. The van der Waals surface area contributed by atoms with Gasteiger partial charge in [-0.15, -0.1) is 5.10 Å². The molecule has 0 saturated carbocycles. The van der Waals surface area contributed by atoms with E-state index in [2.05, 4.69) is 83.3 Å². The maximum Gasteiger partial charge on any atom is 0.180 e. The molecule has 0 aliphatic carbocycles. The summed E-state index contributed by atoms with van der Waals surface area (Å²) in [5.41, 5.74) is 4.30. The Bertz CT molecular complexity index is 1120. The van der Waals surface area contributed by atoms with Crippen LogP contribution < -0.4 is 0 Å². The van der Waals surface area contributed by atoms with Crippen LogP contribution in [0.3, 0.4) is 0 Å². The van der Waals surface area contributed by atoms with Crippen molar-refractivity contribution in [2.24, 2.45) is 0 Å². The van der Waals surface area contributed by atoms with Crippen LogP contribution in [0.4, 0.5) is 0 Å². The lowest BCUT2D eigenvalue weighted by Gasteiger charge is -2.21. The van der Waals surface area contributed by atoms with E-state index >= 15 is 0 Å². The summed E-state index contributed by atoms with van der Waals surface area (Å²) >= 11 is 0. The van der Waals surface area contributed by atoms with Crippen molar-refractivity contribution in [2.45, 2.75) is 58.9 Å². The lowest BCUT2D eigenvalue weighted by Crippen LogP contribution is -2.25. The van der Waals surface area contributed by atoms with Gasteiger partial charge in [0.25, 0.3) is 0 Å². The number of hydrogen-bond acceptors (Lipinski definition) is 5. The average molecular weight is 416 g/mol. The van der Waals surface area contributed by atoms with Crippen LogP contribution in [-0.4, -0.2) is 35.4 Å². The Labute approximate surface area is 182 Å². The molecule has 1 N–H and O–H groups in total. The summed E-state index contributed by atoms with van der Waals surface area (Å²) < 4.78 is 2.08. The van der Waals surface area contributed by atoms with Gasteiger partial charge in [-0.2, -0.15) is 5.10 Å². The topological polar surface area (TPSA) is 85.2 Å². The molecule has 2 heterocycles. The summed E-state index contributed by atoms with van der Waals surface area (Å²) in [5.74, 6) is 2.62. The van der Waals surface area contributed by atoms with Crippen LogP contribution in [0.2, 0.25) is 0 Å². The largest absolute Gasteiger partial charge is 0.244 e. The average Bonchev–Trinajstić information content (AvgIpc) is 3.43. The number of unbranched alkanes of at least 4 members (excludes halogenated alkanes) is 1. The fourth-order valence-corrected chi connectivity index (χ4v) is 3.68. The summed E-state index contributed by atoms with van der Waals surface area (Å²) in [4.78, 5) is 4.86. The predicted octanol–water partition coefficient (Wildman–Crippen LogP) is 4.81. The number of aromatic amines is 1. The van der Waals surface area contributed by atoms with Crippen molar-refractivity contribution in [3.05, 3.63) is 65.7 Å². The highest BCUT2D eigenvalue weighted by molar-refractivity contribution is 5.80. The third kappa shape index (κ3) is 4.71. The van der Waals surface area contributed by atoms with Crippen LogP contribution in [-0.2, 0) is 18.4 Å². The molecule has 160 valence electrons. The van der Waals surface area contributed by atoms with Crippen LogP contribution in [0.1, 0.15) is 57.7 Å². The Kier molecular flexibility index (Phi) is 5.93. The Morgan fingerprint density at radius 2 is 1.71 bits per heavy atom. The maximum absolute atomic E-state index is 4.86. The van der Waals surface area contributed by atoms with Crippen LogP contribution in [0.5, 0.6) is 0 Å². The van der Waals surface area contributed by atoms with Crippen molar-refractivity contribution in [1.29, 1.82) is 0 Å². The number of tetrazole rings is 1. The predicted molar refractivity (Wildman–Crippen MR) is 121 cm³/mol. The number of aromatic nitrogens is 7. The fourth-order valence-electron chi connectivity index (χ4n) is 3.68. The minimum atomic E-state index is -0.100. The third-order valence-corrected chi connectivity index (χ3v) is 5.26. The fraction of sp³-hybridized carbons (Fsp3) is 0.375. The first kappa shape index (κ1) is 20.9. The minimum absolute atomic E-state index is 0.100. The number of nitrogens with one attached hydrogen (secondary N) is 1. The number of nitrogens with zero attached hydrogens (tertiary/aromatic N) is 6. The summed E-state index contributed by atoms with van der Waals surface area (Å²) in [6.07, 6.45) is 3.94. The summed E-state index contributed by atoms with van der Waals surface area (Å²) in [5, 5.41) is 19.1. The van der Waals surface area contributed by atoms with Gasteiger partial charge >= 0.3 is 0 Å². The van der Waals surface area contributed by atoms with Gasteiger partial charge < -0.3 is 0 Å². The zero-order valence-electron chi connectivity index (χ0n) is 18.6. The summed E-state index contributed by atoms with van der Waals surface area (Å²) in [6, 6.07) is 16.8. The van der Waals surface area contributed by atoms with E-state index in [0.29, 0.717) is 5.82 Å². The standard InChI is InChI=1S/C24H29N7/c1-5-6-11-21-25-22(31(28-21)24(2,3)4)16-17-12-14-18(15-13-17)19-9-7-8-10-20(19)23-26-29-30-27-23/h7-10,12-15H,5-6,11,16H2,1-4H3,(H,26,27,29,30). The van der Waals surface area contributed by atoms with Crippen molar-refractivity contribution in [1.82, 2.24) is 35.4 Å². The molecule has 31 heavy (non-hydrogen) atoms. The van der Waals surface area contributed by atoms with Crippen molar-refractivity contribution in [3.63, 3.8) is 0 Å². The van der Waals surface area contributed by atoms with E-state index in [0.717, 1.165) is 54.0 Å². The molecule has 0 radical (unpaired) electrons. The quantitative estimate of drug-likeness (QED) is 0.468. The first-order valence-electron chi connectivity index (χ1n) is 10.8. The van der Waals surface area contributed by atoms with E-state index in [1.165, 1.54) is 5.56 Å². The molecule has 2 aromatic heterocycles. The first-order chi connectivity index (χ1) is 15.0. The van der Waals surface area contributed by atoms with Gasteiger partial charge in [0, 0.05) is 18.4 Å². The lowest BCUT2D eigenvalue weighted by molar-refractivity contribution is 0.341. The van der Waals surface area contributed by atoms with Gasteiger partial charge in [-0.25, -0.2) is 14.8 Å². The molecule has 0 fully saturated rings. The molecule has 2 aromatic carbocycles. The zero-order chi connectivity index (χ0) is 21.8. The molecule has 7 heteroatoms. The normalized spacial score (nSPS) is 11.7. The molecule has 7 nitrogen and oxygen atoms in total. The van der Waals surface area contributed by atoms with Gasteiger partial charge in [0.2, 0.25) is 0 Å². The Morgan fingerprint density at radius 1 is 0.968 bits per heavy atom. The van der Waals surface area contributed by atoms with Gasteiger partial charge in [0.15, 0.2) is 11.6 Å². The molecule has 0 bridgehead atoms. The van der Waals surface area contributed by atoms with Crippen LogP contribution >= 0.6 is 0 Å². The molecule has 0 amide bonds. The van der Waals surface area contributed by atoms with E-state index in [1.54, 1.807) is 0 Å². The smallest absolute Gasteiger partial charge is 0.180 e. The molecule has 0 spiro atoms. The number of hydrogen-bond donors (Lipinski definition) is 1. The molecular formula is C24H29N7. The first-order valence-corrected chi connectivity index (χ1v) is 10.8. The number of benzene rings is 2. The molecule has 4 rings (SSSR count). The van der Waals surface area contributed by atoms with Gasteiger partial charge in [0.1, 0.15) is 5.82 Å². The van der Waals surface area contributed by atoms with Gasteiger partial charge in [0.05, 0.1) is 5.54 Å². The molecule has 0 atom stereocenters. The number of aryl methyl sites for hydroxylation is 1. The summed E-state index contributed by atoms with van der Waals surface area (Å²) in [7, 11) is 0. The SMILES string of the molecule is CCCCc1nc(Cc2ccc(-c3ccccc3-c3nnn[nH]3)cc2)n(C(C)(C)C)n1. The van der Waals surface area contributed by atoms with Crippen LogP contribution in [0.25, 0.3) is 22.5 Å². The van der Waals surface area contributed by atoms with E-state index in [4.69, 9.17) is 10.1 Å². The van der Waals surface area contributed by atoms with Gasteiger partial charge in [-0.3, -0.25) is 0 Å². The Hall–Kier alpha value is -3.35. The lowest BCUT2D eigenvalue weighted by atomic mass is 9.97. The molecule has 0 aliphatic heterocycles. The molecule has 0 saturated heterocycles. The van der Waals surface area contributed by atoms with E-state index in [-0.39, 0.29) is 5.54 Å². The van der Waals surface area contributed by atoms with Crippen molar-refractivity contribution < 1.29 is 0 Å². The molecule has 0 aliphatic rings. The van der Waals surface area contributed by atoms with Crippen molar-refractivity contribution in [2.75, 3.05) is 0 Å². The van der Waals surface area contributed by atoms with Gasteiger partial charge in [-0.05, 0) is 54.3 Å². The highest BCUT2D eigenvalue weighted by Gasteiger charge is 2.21. The van der Waals surface area contributed by atoms with E-state index in [9.17, 15) is 0 Å². The van der Waals surface area contributed by atoms with E-state index < -0.39 is 0 Å². The Balaban J connectivity index is 1.60. The zero-order valence-corrected chi connectivity index (χ0v) is 18.6. The van der Waals surface area contributed by atoms with Gasteiger partial charge in [-0.1, -0.05) is 61.9 Å². The monoisotopic (exact) mass is 415 g/mol. The molecular weight excluding hydrogens is 386 g/mol. The minimum Gasteiger partial charge on any atom is -0.244 e. The van der Waals surface area contributed by atoms with Crippen molar-refractivity contribution in [3.8, 4) is 22.5 Å². The highest BCUT2D eigenvalue weighted by atomic mass is 15.5. The number of rotatable bonds is 7. The molecule has 0 unspecified atom stereocenters. The number of H-pyrrole nitrogens is 1. The van der Waals surface area contributed by atoms with Crippen LogP contribution in [0.15, 0.2) is 48.5 Å². The Morgan fingerprint density at radius 3 is 2.35 bits per heavy atom. The summed E-state index contributed by atoms with van der Waals surface area (Å²) in [6.45, 7) is 8.72. The van der Waals surface area contributed by atoms with Crippen molar-refractivity contribution >= 4 is 0 Å². The van der Waals surface area contributed by atoms with E-state index in [1.807, 2.05) is 18.2 Å². The second-order valence-corrected chi connectivity index (χ2v) is 8.80. The second-order valence-electron chi connectivity index (χ2n) is 8.80. The maximum atomic E-state index is 4.86. The van der Waals surface area contributed by atoms with Crippen LogP contribution in [0, 0.1) is 0 Å².